The van der Waals surface area contributed by atoms with Gasteiger partial charge in [-0.3, -0.25) is 24.0 Å². The van der Waals surface area contributed by atoms with Crippen molar-refractivity contribution in [3.63, 3.8) is 0 Å². The van der Waals surface area contributed by atoms with Crippen LogP contribution < -0.4 is 21.7 Å². The van der Waals surface area contributed by atoms with E-state index in [1.54, 1.807) is 20.8 Å². The quantitative estimate of drug-likeness (QED) is 0.330. The third-order valence-corrected chi connectivity index (χ3v) is 7.69. The number of nitrogens with zero attached hydrogens (tertiary/aromatic N) is 1. The number of hydrogen-bond acceptors (Lipinski definition) is 5. The molecular formula is C23H34ClF2N5O5. The molecule has 202 valence electrons. The van der Waals surface area contributed by atoms with E-state index in [0.717, 1.165) is 0 Å². The van der Waals surface area contributed by atoms with Crippen LogP contribution in [-0.2, 0) is 24.0 Å². The highest BCUT2D eigenvalue weighted by Gasteiger charge is 2.70. The summed E-state index contributed by atoms with van der Waals surface area (Å²) in [5.74, 6) is -6.19. The van der Waals surface area contributed by atoms with Crippen molar-refractivity contribution in [1.82, 2.24) is 20.9 Å². The summed E-state index contributed by atoms with van der Waals surface area (Å²) in [4.78, 5) is 64.6. The highest BCUT2D eigenvalue weighted by atomic mass is 35.5. The van der Waals surface area contributed by atoms with Crippen LogP contribution >= 0.6 is 11.6 Å². The standard InChI is InChI=1S/C23H34ClF2N5O5/c1-21(2,3)15(30-20(36)23(24,25)26)19(35)31-9-11-13(22(11,4)5)14(31)18(34)29-12(16(27)32)8-10-6-7-28-17(10)33/h10-15H,6-9H2,1-5H3,(H2,27,32)(H,28,33)(H,29,34)(H,30,36)/t10-,11-,12-,13-,14-,15+/m0/s1/i7D2. The molecule has 0 aromatic rings. The Balaban J connectivity index is 1.84. The summed E-state index contributed by atoms with van der Waals surface area (Å²) < 4.78 is 42.2. The topological polar surface area (TPSA) is 151 Å². The average molecular weight is 536 g/mol. The lowest BCUT2D eigenvalue weighted by atomic mass is 9.85. The van der Waals surface area contributed by atoms with Gasteiger partial charge >= 0.3 is 11.3 Å². The number of nitrogens with two attached hydrogens (primary N) is 1. The fourth-order valence-electron chi connectivity index (χ4n) is 5.27. The molecule has 2 saturated heterocycles. The van der Waals surface area contributed by atoms with Crippen LogP contribution in [0.4, 0.5) is 8.78 Å². The van der Waals surface area contributed by atoms with E-state index < -0.39 is 70.9 Å². The van der Waals surface area contributed by atoms with Gasteiger partial charge in [-0.2, -0.15) is 8.78 Å². The lowest BCUT2D eigenvalue weighted by Gasteiger charge is -2.38. The number of fused-ring (bicyclic) bond motifs is 1. The third-order valence-electron chi connectivity index (χ3n) is 7.52. The Morgan fingerprint density at radius 2 is 1.89 bits per heavy atom. The Kier molecular flexibility index (Phi) is 6.59. The lowest BCUT2D eigenvalue weighted by Crippen LogP contribution is -2.61. The van der Waals surface area contributed by atoms with Gasteiger partial charge in [-0.15, -0.1) is 0 Å². The number of carbonyl (C=O) groups is 5. The fraction of sp³-hybridized carbons (Fsp3) is 0.783. The second kappa shape index (κ2) is 9.42. The number of nitrogens with one attached hydrogen (secondary N) is 3. The van der Waals surface area contributed by atoms with Gasteiger partial charge in [0.1, 0.15) is 18.1 Å². The third kappa shape index (κ3) is 5.42. The summed E-state index contributed by atoms with van der Waals surface area (Å²) in [6.07, 6.45) is -0.453. The maximum absolute atomic E-state index is 13.6. The molecule has 0 aromatic carbocycles. The molecule has 13 heteroatoms. The molecule has 0 aromatic heterocycles. The zero-order valence-electron chi connectivity index (χ0n) is 22.8. The molecule has 3 fully saturated rings. The van der Waals surface area contributed by atoms with Crippen molar-refractivity contribution in [3.05, 3.63) is 0 Å². The zero-order valence-corrected chi connectivity index (χ0v) is 21.5. The second-order valence-electron chi connectivity index (χ2n) is 11.4. The highest BCUT2D eigenvalue weighted by molar-refractivity contribution is 6.32. The summed E-state index contributed by atoms with van der Waals surface area (Å²) in [6.45, 7) is 6.68. The molecule has 2 heterocycles. The molecular weight excluding hydrogens is 500 g/mol. The van der Waals surface area contributed by atoms with Crippen molar-refractivity contribution in [3.8, 4) is 0 Å². The van der Waals surface area contributed by atoms with Gasteiger partial charge in [0.2, 0.25) is 23.6 Å². The number of alkyl halides is 3. The number of rotatable bonds is 8. The molecule has 3 rings (SSSR count). The van der Waals surface area contributed by atoms with E-state index in [-0.39, 0.29) is 36.6 Å². The van der Waals surface area contributed by atoms with Crippen LogP contribution in [0, 0.1) is 28.6 Å². The Morgan fingerprint density at radius 3 is 2.36 bits per heavy atom. The number of carbonyl (C=O) groups excluding carboxylic acids is 5. The fourth-order valence-corrected chi connectivity index (χ4v) is 5.33. The maximum Gasteiger partial charge on any atom is 0.399 e. The van der Waals surface area contributed by atoms with Gasteiger partial charge in [-0.05, 0) is 47.1 Å². The molecule has 0 radical (unpaired) electrons. The van der Waals surface area contributed by atoms with Crippen molar-refractivity contribution < 1.29 is 35.5 Å². The molecule has 0 spiro atoms. The predicted molar refractivity (Wildman–Crippen MR) is 125 cm³/mol. The van der Waals surface area contributed by atoms with Crippen LogP contribution in [0.25, 0.3) is 0 Å². The van der Waals surface area contributed by atoms with Crippen molar-refractivity contribution >= 4 is 41.1 Å². The smallest absolute Gasteiger partial charge is 0.368 e. The molecule has 6 atom stereocenters. The first kappa shape index (κ1) is 25.2. The first-order chi connectivity index (χ1) is 17.1. The molecule has 10 nitrogen and oxygen atoms in total. The number of piperidine rings is 1. The Labute approximate surface area is 216 Å². The Morgan fingerprint density at radius 1 is 1.28 bits per heavy atom. The van der Waals surface area contributed by atoms with Crippen LogP contribution in [-0.4, -0.2) is 71.0 Å². The average Bonchev–Trinajstić information content (AvgIpc) is 3.03. The SMILES string of the molecule is [2H]C1([2H])C[C@@H](C[C@H](NC(=O)[C@@H]2[C@@H]3[C@H](CN2C(=O)[C@@H](NC(=O)C(F)(F)Cl)C(C)(C)C)C3(C)C)C(N)=O)C(=O)N1. The summed E-state index contributed by atoms with van der Waals surface area (Å²) in [5.41, 5.74) is 4.13. The van der Waals surface area contributed by atoms with Gasteiger partial charge in [0.15, 0.2) is 0 Å². The van der Waals surface area contributed by atoms with Gasteiger partial charge in [-0.1, -0.05) is 34.6 Å². The monoisotopic (exact) mass is 535 g/mol. The first-order valence-corrected chi connectivity index (χ1v) is 12.1. The van der Waals surface area contributed by atoms with Gasteiger partial charge in [0.05, 0.1) is 0 Å². The lowest BCUT2D eigenvalue weighted by molar-refractivity contribution is -0.148. The number of amides is 5. The second-order valence-corrected chi connectivity index (χ2v) is 11.9. The number of likely N-dealkylation sites (tertiary alicyclic amines) is 1. The van der Waals surface area contributed by atoms with Crippen LogP contribution in [0.3, 0.4) is 0 Å². The first-order valence-electron chi connectivity index (χ1n) is 12.7. The van der Waals surface area contributed by atoms with E-state index in [2.05, 4.69) is 10.6 Å². The minimum atomic E-state index is -4.24. The normalized spacial score (nSPS) is 30.8. The van der Waals surface area contributed by atoms with Gasteiger partial charge < -0.3 is 26.6 Å². The minimum absolute atomic E-state index is 0.0899. The molecule has 3 aliphatic rings. The molecule has 5 N–H and O–H groups in total. The molecule has 5 amide bonds. The number of primary amides is 1. The Hall–Kier alpha value is -2.50. The van der Waals surface area contributed by atoms with Gasteiger partial charge in [0, 0.05) is 21.7 Å². The molecule has 0 unspecified atom stereocenters. The number of halogens is 3. The van der Waals surface area contributed by atoms with E-state index in [4.69, 9.17) is 20.1 Å². The van der Waals surface area contributed by atoms with Crippen molar-refractivity contribution in [1.29, 1.82) is 0 Å². The van der Waals surface area contributed by atoms with E-state index >= 15 is 0 Å². The molecule has 1 aliphatic carbocycles. The molecule has 36 heavy (non-hydrogen) atoms. The summed E-state index contributed by atoms with van der Waals surface area (Å²) in [5, 5.41) is 2.45. The van der Waals surface area contributed by atoms with Gasteiger partial charge in [-0.25, -0.2) is 0 Å². The Bertz CT molecular complexity index is 1050. The van der Waals surface area contributed by atoms with E-state index in [1.165, 1.54) is 4.90 Å². The van der Waals surface area contributed by atoms with Crippen LogP contribution in [0.5, 0.6) is 0 Å². The highest BCUT2D eigenvalue weighted by Crippen LogP contribution is 2.65. The predicted octanol–water partition coefficient (Wildman–Crippen LogP) is 0.328. The molecule has 2 aliphatic heterocycles. The van der Waals surface area contributed by atoms with Crippen LogP contribution in [0.1, 0.15) is 50.2 Å². The van der Waals surface area contributed by atoms with Gasteiger partial charge in [0.25, 0.3) is 0 Å². The minimum Gasteiger partial charge on any atom is -0.368 e. The summed E-state index contributed by atoms with van der Waals surface area (Å²) >= 11 is 4.84. The van der Waals surface area contributed by atoms with E-state index in [0.29, 0.717) is 0 Å². The van der Waals surface area contributed by atoms with Crippen molar-refractivity contribution in [2.75, 3.05) is 13.0 Å². The van der Waals surface area contributed by atoms with Crippen molar-refractivity contribution in [2.24, 2.45) is 34.3 Å². The van der Waals surface area contributed by atoms with Crippen molar-refractivity contribution in [2.45, 2.75) is 71.0 Å². The number of hydrogen-bond donors (Lipinski definition) is 4. The maximum atomic E-state index is 13.6. The molecule has 1 saturated carbocycles. The zero-order chi connectivity index (χ0) is 29.2. The van der Waals surface area contributed by atoms with Crippen LogP contribution in [0.15, 0.2) is 0 Å². The largest absolute Gasteiger partial charge is 0.399 e. The summed E-state index contributed by atoms with van der Waals surface area (Å²) in [6, 6.07) is -3.85. The summed E-state index contributed by atoms with van der Waals surface area (Å²) in [7, 11) is 0. The van der Waals surface area contributed by atoms with E-state index in [9.17, 15) is 32.8 Å². The van der Waals surface area contributed by atoms with E-state index in [1.807, 2.05) is 19.2 Å². The van der Waals surface area contributed by atoms with Crippen LogP contribution in [0.2, 0.25) is 0 Å². The molecule has 0 bridgehead atoms.